The van der Waals surface area contributed by atoms with Crippen LogP contribution < -0.4 is 11.3 Å². The Bertz CT molecular complexity index is 441. The number of benzene rings is 1. The number of hydrogen-bond acceptors (Lipinski definition) is 2. The zero-order chi connectivity index (χ0) is 13.7. The molecule has 104 valence electrons. The first-order valence-corrected chi connectivity index (χ1v) is 7.07. The molecule has 1 aromatic carbocycles. The lowest BCUT2D eigenvalue weighted by Gasteiger charge is -2.22. The van der Waals surface area contributed by atoms with Crippen molar-refractivity contribution >= 4 is 17.6 Å². The number of nitrogens with one attached hydrogen (secondary N) is 1. The van der Waals surface area contributed by atoms with Gasteiger partial charge in [-0.3, -0.25) is 5.43 Å². The first-order valence-electron chi connectivity index (χ1n) is 6.69. The smallest absolute Gasteiger partial charge is 0.208 e. The molecule has 0 atom stereocenters. The van der Waals surface area contributed by atoms with Gasteiger partial charge >= 0.3 is 0 Å². The van der Waals surface area contributed by atoms with Crippen molar-refractivity contribution in [2.75, 3.05) is 7.05 Å². The summed E-state index contributed by atoms with van der Waals surface area (Å²) in [6, 6.07) is 8.25. The zero-order valence-electron chi connectivity index (χ0n) is 11.3. The standard InChI is InChI=1S/C14H21ClN4/c1-19(10-11-5-4-6-12(15)9-11)14(18-16)17-13-7-2-3-8-13/h4-6,9,13H,2-3,7-8,10,16H2,1H3,(H,17,18). The summed E-state index contributed by atoms with van der Waals surface area (Å²) in [4.78, 5) is 6.70. The van der Waals surface area contributed by atoms with Crippen molar-refractivity contribution in [3.8, 4) is 0 Å². The Balaban J connectivity index is 2.01. The maximum absolute atomic E-state index is 5.99. The second-order valence-corrected chi connectivity index (χ2v) is 5.46. The van der Waals surface area contributed by atoms with Gasteiger partial charge in [0.2, 0.25) is 5.96 Å². The molecule has 0 amide bonds. The highest BCUT2D eigenvalue weighted by Gasteiger charge is 2.16. The van der Waals surface area contributed by atoms with Crippen molar-refractivity contribution < 1.29 is 0 Å². The van der Waals surface area contributed by atoms with Gasteiger partial charge in [0.1, 0.15) is 0 Å². The van der Waals surface area contributed by atoms with Gasteiger partial charge in [-0.15, -0.1) is 0 Å². The molecule has 1 aliphatic carbocycles. The third-order valence-corrected chi connectivity index (χ3v) is 3.66. The molecule has 0 aromatic heterocycles. The van der Waals surface area contributed by atoms with E-state index >= 15 is 0 Å². The molecule has 3 N–H and O–H groups in total. The topological polar surface area (TPSA) is 53.6 Å². The lowest BCUT2D eigenvalue weighted by Crippen LogP contribution is -2.43. The predicted octanol–water partition coefficient (Wildman–Crippen LogP) is 2.53. The van der Waals surface area contributed by atoms with E-state index in [1.807, 2.05) is 36.2 Å². The number of nitrogens with zero attached hydrogens (tertiary/aromatic N) is 2. The fraction of sp³-hybridized carbons (Fsp3) is 0.500. The molecular formula is C14H21ClN4. The van der Waals surface area contributed by atoms with Crippen molar-refractivity contribution in [3.63, 3.8) is 0 Å². The number of rotatable bonds is 3. The summed E-state index contributed by atoms with van der Waals surface area (Å²) in [5, 5.41) is 0.751. The maximum Gasteiger partial charge on any atom is 0.208 e. The number of nitrogens with two attached hydrogens (primary N) is 1. The molecule has 0 aliphatic heterocycles. The van der Waals surface area contributed by atoms with Crippen LogP contribution in [0.25, 0.3) is 0 Å². The third-order valence-electron chi connectivity index (χ3n) is 3.43. The van der Waals surface area contributed by atoms with Crippen molar-refractivity contribution in [1.82, 2.24) is 10.3 Å². The normalized spacial score (nSPS) is 16.7. The molecule has 0 unspecified atom stereocenters. The van der Waals surface area contributed by atoms with Crippen molar-refractivity contribution in [3.05, 3.63) is 34.9 Å². The van der Waals surface area contributed by atoms with Crippen molar-refractivity contribution in [1.29, 1.82) is 0 Å². The predicted molar refractivity (Wildman–Crippen MR) is 79.9 cm³/mol. The molecule has 1 saturated carbocycles. The third kappa shape index (κ3) is 4.11. The molecule has 1 aliphatic rings. The highest BCUT2D eigenvalue weighted by atomic mass is 35.5. The fourth-order valence-electron chi connectivity index (χ4n) is 2.44. The van der Waals surface area contributed by atoms with Gasteiger partial charge in [-0.25, -0.2) is 10.8 Å². The molecule has 0 radical (unpaired) electrons. The lowest BCUT2D eigenvalue weighted by molar-refractivity contribution is 0.471. The van der Waals surface area contributed by atoms with E-state index in [4.69, 9.17) is 17.4 Å². The van der Waals surface area contributed by atoms with Gasteiger partial charge in [-0.2, -0.15) is 0 Å². The maximum atomic E-state index is 5.99. The quantitative estimate of drug-likeness (QED) is 0.387. The van der Waals surface area contributed by atoms with Crippen LogP contribution in [0.1, 0.15) is 31.2 Å². The minimum absolute atomic E-state index is 0.410. The van der Waals surface area contributed by atoms with Crippen LogP contribution in [0.2, 0.25) is 5.02 Å². The second kappa shape index (κ2) is 6.78. The van der Waals surface area contributed by atoms with Crippen LogP contribution in [0.15, 0.2) is 29.3 Å². The summed E-state index contributed by atoms with van der Waals surface area (Å²) in [6.45, 7) is 0.732. The molecule has 0 heterocycles. The molecule has 5 heteroatoms. The number of halogens is 1. The summed E-state index contributed by atoms with van der Waals surface area (Å²) < 4.78 is 0. The number of hydrogen-bond donors (Lipinski definition) is 2. The molecule has 2 rings (SSSR count). The van der Waals surface area contributed by atoms with Crippen molar-refractivity contribution in [2.24, 2.45) is 10.8 Å². The van der Waals surface area contributed by atoms with E-state index in [9.17, 15) is 0 Å². The van der Waals surface area contributed by atoms with Gasteiger partial charge in [0.05, 0.1) is 6.04 Å². The molecule has 1 aromatic rings. The van der Waals surface area contributed by atoms with Gasteiger partial charge < -0.3 is 4.90 Å². The van der Waals surface area contributed by atoms with Crippen molar-refractivity contribution in [2.45, 2.75) is 38.3 Å². The SMILES string of the molecule is CN(Cc1cccc(Cl)c1)C(=NC1CCCC1)NN. The van der Waals surface area contributed by atoms with E-state index in [1.165, 1.54) is 12.8 Å². The fourth-order valence-corrected chi connectivity index (χ4v) is 2.65. The number of hydrazine groups is 1. The number of aliphatic imine (C=N–C) groups is 1. The van der Waals surface area contributed by atoms with E-state index in [0.29, 0.717) is 6.04 Å². The van der Waals surface area contributed by atoms with Crippen LogP contribution in [-0.4, -0.2) is 23.9 Å². The van der Waals surface area contributed by atoms with Crippen LogP contribution in [0.4, 0.5) is 0 Å². The van der Waals surface area contributed by atoms with Crippen LogP contribution in [0, 0.1) is 0 Å². The van der Waals surface area contributed by atoms with Gasteiger partial charge in [-0.05, 0) is 30.5 Å². The molecule has 0 saturated heterocycles. The van der Waals surface area contributed by atoms with Crippen LogP contribution in [0.3, 0.4) is 0 Å². The monoisotopic (exact) mass is 280 g/mol. The summed E-state index contributed by atoms with van der Waals surface area (Å²) in [5.74, 6) is 6.33. The highest BCUT2D eigenvalue weighted by molar-refractivity contribution is 6.30. The van der Waals surface area contributed by atoms with E-state index < -0.39 is 0 Å². The van der Waals surface area contributed by atoms with Gasteiger partial charge in [-0.1, -0.05) is 36.6 Å². The Morgan fingerprint density at radius 3 is 2.84 bits per heavy atom. The minimum atomic E-state index is 0.410. The van der Waals surface area contributed by atoms with E-state index in [-0.39, 0.29) is 0 Å². The van der Waals surface area contributed by atoms with E-state index in [0.717, 1.165) is 35.9 Å². The highest BCUT2D eigenvalue weighted by Crippen LogP contribution is 2.21. The molecule has 4 nitrogen and oxygen atoms in total. The molecule has 0 bridgehead atoms. The van der Waals surface area contributed by atoms with E-state index in [2.05, 4.69) is 10.4 Å². The summed E-state index contributed by atoms with van der Waals surface area (Å²) in [5.41, 5.74) is 3.85. The lowest BCUT2D eigenvalue weighted by atomic mass is 10.2. The van der Waals surface area contributed by atoms with Crippen LogP contribution in [-0.2, 0) is 6.54 Å². The largest absolute Gasteiger partial charge is 0.341 e. The first kappa shape index (κ1) is 14.2. The average Bonchev–Trinajstić information content (AvgIpc) is 2.88. The minimum Gasteiger partial charge on any atom is -0.341 e. The summed E-state index contributed by atoms with van der Waals surface area (Å²) >= 11 is 5.99. The molecule has 0 spiro atoms. The first-order chi connectivity index (χ1) is 9.19. The average molecular weight is 281 g/mol. The zero-order valence-corrected chi connectivity index (χ0v) is 12.0. The van der Waals surface area contributed by atoms with E-state index in [1.54, 1.807) is 0 Å². The Morgan fingerprint density at radius 1 is 1.47 bits per heavy atom. The summed E-state index contributed by atoms with van der Waals surface area (Å²) in [7, 11) is 1.98. The molecular weight excluding hydrogens is 260 g/mol. The van der Waals surface area contributed by atoms with Gasteiger partial charge in [0, 0.05) is 18.6 Å². The van der Waals surface area contributed by atoms with Gasteiger partial charge in [0.25, 0.3) is 0 Å². The summed E-state index contributed by atoms with van der Waals surface area (Å²) in [6.07, 6.45) is 4.86. The van der Waals surface area contributed by atoms with Gasteiger partial charge in [0.15, 0.2) is 0 Å². The molecule has 1 fully saturated rings. The van der Waals surface area contributed by atoms with Crippen LogP contribution in [0.5, 0.6) is 0 Å². The Morgan fingerprint density at radius 2 is 2.21 bits per heavy atom. The number of guanidine groups is 1. The Labute approximate surface area is 119 Å². The second-order valence-electron chi connectivity index (χ2n) is 5.02. The Kier molecular flexibility index (Phi) is 5.05. The van der Waals surface area contributed by atoms with Crippen LogP contribution >= 0.6 is 11.6 Å². The Hall–Kier alpha value is -1.26. The molecule has 19 heavy (non-hydrogen) atoms.